The fourth-order valence-corrected chi connectivity index (χ4v) is 4.19. The summed E-state index contributed by atoms with van der Waals surface area (Å²) in [7, 11) is -3.43. The monoisotopic (exact) mass is 477 g/mol. The highest BCUT2D eigenvalue weighted by atomic mass is 35.5. The van der Waals surface area contributed by atoms with E-state index in [1.165, 1.54) is 18.2 Å². The number of nitrogens with one attached hydrogen (secondary N) is 2. The number of sulfone groups is 1. The molecule has 0 aliphatic rings. The van der Waals surface area contributed by atoms with Crippen LogP contribution in [0.3, 0.4) is 0 Å². The molecule has 0 aliphatic carbocycles. The topological polar surface area (TPSA) is 105 Å². The van der Waals surface area contributed by atoms with Gasteiger partial charge in [-0.2, -0.15) is 13.2 Å². The summed E-state index contributed by atoms with van der Waals surface area (Å²) in [5.74, 6) is -1.14. The number of hydrogen-bond acceptors (Lipinski definition) is 6. The van der Waals surface area contributed by atoms with Crippen molar-refractivity contribution >= 4 is 60.1 Å². The number of imide groups is 1. The van der Waals surface area contributed by atoms with Crippen molar-refractivity contribution in [3.63, 3.8) is 0 Å². The predicted molar refractivity (Wildman–Crippen MR) is 106 cm³/mol. The minimum Gasteiger partial charge on any atom is -0.283 e. The van der Waals surface area contributed by atoms with E-state index < -0.39 is 39.1 Å². The second-order valence-corrected chi connectivity index (χ2v) is 9.47. The Labute approximate surface area is 176 Å². The number of amides is 3. The average molecular weight is 478 g/mol. The number of halogens is 4. The Balaban J connectivity index is 1.76. The number of thiazole rings is 1. The van der Waals surface area contributed by atoms with Crippen LogP contribution in [0, 0.1) is 0 Å². The molecule has 13 heteroatoms. The number of carbonyl (C=O) groups excluding carboxylic acids is 2. The standard InChI is InChI=1S/C17H11ClF3N3O4S2/c1-30(27,28)9-3-5-12-13(7-9)29-16(22-12)24-15(26)23-14(25)10-6-8(17(19,20)21)2-4-11(10)18/h2-7H,1H3,(H2,22,23,24,25,26). The van der Waals surface area contributed by atoms with Gasteiger partial charge in [-0.15, -0.1) is 0 Å². The van der Waals surface area contributed by atoms with E-state index in [0.29, 0.717) is 22.3 Å². The molecular weight excluding hydrogens is 467 g/mol. The quantitative estimate of drug-likeness (QED) is 0.584. The molecule has 0 unspecified atom stereocenters. The summed E-state index contributed by atoms with van der Waals surface area (Å²) >= 11 is 6.72. The number of anilines is 1. The van der Waals surface area contributed by atoms with Gasteiger partial charge in [0, 0.05) is 6.26 Å². The van der Waals surface area contributed by atoms with Crippen molar-refractivity contribution in [1.82, 2.24) is 10.3 Å². The molecule has 3 rings (SSSR count). The van der Waals surface area contributed by atoms with E-state index in [1.54, 1.807) is 0 Å². The molecule has 158 valence electrons. The van der Waals surface area contributed by atoms with E-state index in [2.05, 4.69) is 10.3 Å². The van der Waals surface area contributed by atoms with E-state index in [1.807, 2.05) is 5.32 Å². The fraction of sp³-hybridized carbons (Fsp3) is 0.118. The van der Waals surface area contributed by atoms with E-state index in [0.717, 1.165) is 23.7 Å². The van der Waals surface area contributed by atoms with Crippen molar-refractivity contribution in [3.8, 4) is 0 Å². The molecule has 1 heterocycles. The molecule has 0 atom stereocenters. The van der Waals surface area contributed by atoms with Crippen LogP contribution < -0.4 is 10.6 Å². The summed E-state index contributed by atoms with van der Waals surface area (Å²) < 4.78 is 62.2. The summed E-state index contributed by atoms with van der Waals surface area (Å²) in [5, 5.41) is 3.94. The molecule has 3 aromatic rings. The molecule has 0 saturated heterocycles. The second kappa shape index (κ2) is 7.85. The Kier molecular flexibility index (Phi) is 5.76. The van der Waals surface area contributed by atoms with Crippen LogP contribution in [0.4, 0.5) is 23.1 Å². The molecule has 0 aliphatic heterocycles. The van der Waals surface area contributed by atoms with Gasteiger partial charge < -0.3 is 0 Å². The molecule has 0 bridgehead atoms. The molecule has 0 radical (unpaired) electrons. The van der Waals surface area contributed by atoms with Gasteiger partial charge in [-0.1, -0.05) is 22.9 Å². The number of rotatable bonds is 3. The second-order valence-electron chi connectivity index (χ2n) is 6.02. The number of benzene rings is 2. The molecule has 7 nitrogen and oxygen atoms in total. The van der Waals surface area contributed by atoms with Gasteiger partial charge in [0.15, 0.2) is 15.0 Å². The van der Waals surface area contributed by atoms with E-state index in [-0.39, 0.29) is 15.0 Å². The van der Waals surface area contributed by atoms with Crippen molar-refractivity contribution in [1.29, 1.82) is 0 Å². The largest absolute Gasteiger partial charge is 0.416 e. The lowest BCUT2D eigenvalue weighted by Gasteiger charge is -2.10. The molecule has 2 N–H and O–H groups in total. The maximum atomic E-state index is 12.8. The zero-order valence-electron chi connectivity index (χ0n) is 14.9. The van der Waals surface area contributed by atoms with Gasteiger partial charge in [0.05, 0.1) is 31.3 Å². The first-order valence-electron chi connectivity index (χ1n) is 7.94. The van der Waals surface area contributed by atoms with Gasteiger partial charge in [-0.3, -0.25) is 15.4 Å². The first-order chi connectivity index (χ1) is 13.8. The minimum atomic E-state index is -4.69. The number of alkyl halides is 3. The summed E-state index contributed by atoms with van der Waals surface area (Å²) in [6.45, 7) is 0. The van der Waals surface area contributed by atoms with Crippen LogP contribution in [-0.2, 0) is 16.0 Å². The Morgan fingerprint density at radius 1 is 1.13 bits per heavy atom. The summed E-state index contributed by atoms with van der Waals surface area (Å²) in [5.41, 5.74) is -1.20. The first kappa shape index (κ1) is 22.0. The van der Waals surface area contributed by atoms with Gasteiger partial charge in [-0.25, -0.2) is 18.2 Å². The van der Waals surface area contributed by atoms with Crippen LogP contribution in [-0.4, -0.2) is 31.6 Å². The van der Waals surface area contributed by atoms with Gasteiger partial charge in [0.2, 0.25) is 0 Å². The molecular formula is C17H11ClF3N3O4S2. The molecule has 0 spiro atoms. The fourth-order valence-electron chi connectivity index (χ4n) is 2.36. The molecule has 1 aromatic heterocycles. The molecule has 0 fully saturated rings. The zero-order chi connectivity index (χ0) is 22.3. The van der Waals surface area contributed by atoms with Gasteiger partial charge >= 0.3 is 12.2 Å². The Morgan fingerprint density at radius 2 is 1.83 bits per heavy atom. The molecule has 2 aromatic carbocycles. The third kappa shape index (κ3) is 4.89. The van der Waals surface area contributed by atoms with Crippen LogP contribution in [0.15, 0.2) is 41.3 Å². The van der Waals surface area contributed by atoms with Crippen LogP contribution in [0.5, 0.6) is 0 Å². The van der Waals surface area contributed by atoms with Gasteiger partial charge in [-0.05, 0) is 36.4 Å². The van der Waals surface area contributed by atoms with Crippen molar-refractivity contribution in [2.24, 2.45) is 0 Å². The van der Waals surface area contributed by atoms with Crippen molar-refractivity contribution in [2.75, 3.05) is 11.6 Å². The maximum Gasteiger partial charge on any atom is 0.416 e. The smallest absolute Gasteiger partial charge is 0.283 e. The number of aromatic nitrogens is 1. The van der Waals surface area contributed by atoms with Gasteiger partial charge in [0.25, 0.3) is 5.91 Å². The number of nitrogens with zero attached hydrogens (tertiary/aromatic N) is 1. The SMILES string of the molecule is CS(=O)(=O)c1ccc2nc(NC(=O)NC(=O)c3cc(C(F)(F)F)ccc3Cl)sc2c1. The van der Waals surface area contributed by atoms with Crippen LogP contribution in [0.2, 0.25) is 5.02 Å². The van der Waals surface area contributed by atoms with E-state index >= 15 is 0 Å². The first-order valence-corrected chi connectivity index (χ1v) is 11.0. The average Bonchev–Trinajstić information content (AvgIpc) is 3.01. The van der Waals surface area contributed by atoms with Crippen molar-refractivity contribution in [2.45, 2.75) is 11.1 Å². The number of fused-ring (bicyclic) bond motifs is 1. The predicted octanol–water partition coefficient (Wildman–Crippen LogP) is 4.33. The summed E-state index contributed by atoms with van der Waals surface area (Å²) in [6, 6.07) is 5.32. The summed E-state index contributed by atoms with van der Waals surface area (Å²) in [4.78, 5) is 28.4. The molecule has 3 amide bonds. The zero-order valence-corrected chi connectivity index (χ0v) is 17.3. The highest BCUT2D eigenvalue weighted by Gasteiger charge is 2.32. The van der Waals surface area contributed by atoms with E-state index in [4.69, 9.17) is 11.6 Å². The van der Waals surface area contributed by atoms with Crippen LogP contribution >= 0.6 is 22.9 Å². The lowest BCUT2D eigenvalue weighted by Crippen LogP contribution is -2.34. The minimum absolute atomic E-state index is 0.0519. The third-order valence-corrected chi connectivity index (χ3v) is 6.15. The van der Waals surface area contributed by atoms with Crippen molar-refractivity contribution in [3.05, 3.63) is 52.5 Å². The lowest BCUT2D eigenvalue weighted by molar-refractivity contribution is -0.137. The number of hydrogen-bond donors (Lipinski definition) is 2. The van der Waals surface area contributed by atoms with Gasteiger partial charge in [0.1, 0.15) is 0 Å². The normalized spacial score (nSPS) is 12.0. The number of carbonyl (C=O) groups is 2. The van der Waals surface area contributed by atoms with Crippen LogP contribution in [0.1, 0.15) is 15.9 Å². The molecule has 30 heavy (non-hydrogen) atoms. The Hall–Kier alpha value is -2.70. The highest BCUT2D eigenvalue weighted by molar-refractivity contribution is 7.90. The van der Waals surface area contributed by atoms with E-state index in [9.17, 15) is 31.2 Å². The van der Waals surface area contributed by atoms with Crippen molar-refractivity contribution < 1.29 is 31.2 Å². The summed E-state index contributed by atoms with van der Waals surface area (Å²) in [6.07, 6.45) is -3.64. The third-order valence-electron chi connectivity index (χ3n) is 3.77. The maximum absolute atomic E-state index is 12.8. The van der Waals surface area contributed by atoms with Crippen LogP contribution in [0.25, 0.3) is 10.2 Å². The lowest BCUT2D eigenvalue weighted by atomic mass is 10.1. The Morgan fingerprint density at radius 3 is 2.47 bits per heavy atom. The molecule has 0 saturated carbocycles. The number of urea groups is 1. The Bertz CT molecular complexity index is 1270. The highest BCUT2D eigenvalue weighted by Crippen LogP contribution is 2.32.